The van der Waals surface area contributed by atoms with Crippen molar-refractivity contribution < 1.29 is 9.15 Å². The first-order valence-electron chi connectivity index (χ1n) is 19.8. The van der Waals surface area contributed by atoms with Gasteiger partial charge in [0.15, 0.2) is 0 Å². The van der Waals surface area contributed by atoms with Gasteiger partial charge in [-0.3, -0.25) is 5.32 Å². The van der Waals surface area contributed by atoms with E-state index < -0.39 is 5.41 Å². The first-order valence-corrected chi connectivity index (χ1v) is 19.8. The first-order chi connectivity index (χ1) is 28.3. The fraction of sp³-hybridized carbons (Fsp3) is 0.0962. The van der Waals surface area contributed by atoms with Crippen molar-refractivity contribution in [1.29, 1.82) is 0 Å². The Morgan fingerprint density at radius 3 is 2.07 bits per heavy atom. The molecule has 1 aromatic heterocycles. The maximum Gasteiger partial charge on any atom is 0.139 e. The molecule has 5 nitrogen and oxygen atoms in total. The van der Waals surface area contributed by atoms with Gasteiger partial charge in [0.05, 0.1) is 5.41 Å². The van der Waals surface area contributed by atoms with E-state index in [-0.39, 0.29) is 18.2 Å². The summed E-state index contributed by atoms with van der Waals surface area (Å²) in [7, 11) is 0. The number of hydrogen-bond acceptors (Lipinski definition) is 5. The lowest BCUT2D eigenvalue weighted by molar-refractivity contribution is 0.431. The minimum Gasteiger partial charge on any atom is -0.457 e. The van der Waals surface area contributed by atoms with Crippen LogP contribution in [0.5, 0.6) is 11.5 Å². The van der Waals surface area contributed by atoms with E-state index in [1.54, 1.807) is 0 Å². The van der Waals surface area contributed by atoms with E-state index in [4.69, 9.17) is 14.1 Å². The fourth-order valence-electron chi connectivity index (χ4n) is 9.93. The average Bonchev–Trinajstić information content (AvgIpc) is 3.81. The second-order valence-corrected chi connectivity index (χ2v) is 15.4. The van der Waals surface area contributed by atoms with E-state index in [1.165, 1.54) is 33.4 Å². The van der Waals surface area contributed by atoms with Crippen LogP contribution in [0.4, 0.5) is 0 Å². The molecule has 0 saturated heterocycles. The molecular formula is C52H37N3O2. The van der Waals surface area contributed by atoms with Crippen molar-refractivity contribution in [1.82, 2.24) is 10.6 Å². The Bertz CT molecular complexity index is 2960. The van der Waals surface area contributed by atoms with Gasteiger partial charge in [0.2, 0.25) is 0 Å². The van der Waals surface area contributed by atoms with Crippen LogP contribution in [-0.2, 0) is 5.41 Å². The van der Waals surface area contributed by atoms with Gasteiger partial charge >= 0.3 is 0 Å². The number of benzene rings is 7. The van der Waals surface area contributed by atoms with E-state index in [0.717, 1.165) is 67.9 Å². The molecule has 0 amide bonds. The van der Waals surface area contributed by atoms with Crippen LogP contribution >= 0.6 is 0 Å². The molecule has 3 atom stereocenters. The first kappa shape index (κ1) is 32.3. The van der Waals surface area contributed by atoms with Crippen LogP contribution in [0.15, 0.2) is 197 Å². The normalized spacial score (nSPS) is 19.8. The highest BCUT2D eigenvalue weighted by Crippen LogP contribution is 2.62. The van der Waals surface area contributed by atoms with Gasteiger partial charge in [0.1, 0.15) is 40.8 Å². The van der Waals surface area contributed by atoms with Gasteiger partial charge in [-0.2, -0.15) is 0 Å². The minimum absolute atomic E-state index is 0.195. The number of para-hydroxylation sites is 3. The lowest BCUT2D eigenvalue weighted by Crippen LogP contribution is -2.52. The van der Waals surface area contributed by atoms with Crippen molar-refractivity contribution >= 4 is 27.8 Å². The Morgan fingerprint density at radius 2 is 1.26 bits per heavy atom. The predicted molar refractivity (Wildman–Crippen MR) is 228 cm³/mol. The van der Waals surface area contributed by atoms with Gasteiger partial charge in [-0.1, -0.05) is 164 Å². The van der Waals surface area contributed by atoms with Crippen LogP contribution in [0.3, 0.4) is 0 Å². The summed E-state index contributed by atoms with van der Waals surface area (Å²) in [4.78, 5) is 5.49. The molecule has 3 unspecified atom stereocenters. The van der Waals surface area contributed by atoms with Crippen molar-refractivity contribution in [3.05, 3.63) is 227 Å². The zero-order valence-electron chi connectivity index (χ0n) is 31.0. The van der Waals surface area contributed by atoms with E-state index in [9.17, 15) is 0 Å². The van der Waals surface area contributed by atoms with Crippen LogP contribution < -0.4 is 15.4 Å². The number of nitrogens with one attached hydrogen (secondary N) is 2. The van der Waals surface area contributed by atoms with Crippen LogP contribution in [-0.4, -0.2) is 12.0 Å². The number of hydrogen-bond donors (Lipinski definition) is 2. The summed E-state index contributed by atoms with van der Waals surface area (Å²) >= 11 is 0. The lowest BCUT2D eigenvalue weighted by Gasteiger charge is -2.41. The molecule has 7 aromatic carbocycles. The molecule has 4 aliphatic rings. The van der Waals surface area contributed by atoms with E-state index >= 15 is 0 Å². The third-order valence-corrected chi connectivity index (χ3v) is 12.4. The Kier molecular flexibility index (Phi) is 7.10. The van der Waals surface area contributed by atoms with Crippen molar-refractivity contribution in [2.45, 2.75) is 30.1 Å². The van der Waals surface area contributed by atoms with Crippen molar-refractivity contribution in [3.63, 3.8) is 0 Å². The number of allylic oxidation sites excluding steroid dienone is 2. The molecule has 0 radical (unpaired) electrons. The molecule has 8 aromatic rings. The fourth-order valence-corrected chi connectivity index (χ4v) is 9.93. The van der Waals surface area contributed by atoms with E-state index in [2.05, 4.69) is 187 Å². The Labute approximate surface area is 330 Å². The SMILES string of the molecule is C1=CC(c2cccc3c2oc2ccccc23)CC=C1C1NC(c2cccc3c2C2(c4ccccc4O3)c3ccccc3-c3ccccc32)=NC(c2ccccc2)N1. The number of fused-ring (bicyclic) bond motifs is 12. The summed E-state index contributed by atoms with van der Waals surface area (Å²) in [5, 5.41) is 10.1. The molecule has 12 rings (SSSR count). The monoisotopic (exact) mass is 735 g/mol. The van der Waals surface area contributed by atoms with Gasteiger partial charge in [-0.25, -0.2) is 4.99 Å². The Morgan fingerprint density at radius 1 is 0.596 bits per heavy atom. The molecular weight excluding hydrogens is 699 g/mol. The number of rotatable bonds is 4. The van der Waals surface area contributed by atoms with Crippen LogP contribution in [0.2, 0.25) is 0 Å². The van der Waals surface area contributed by atoms with Crippen LogP contribution in [0, 0.1) is 0 Å². The third kappa shape index (κ3) is 4.76. The standard InChI is InChI=1S/C52H37N3O2/c1-2-14-33(15-3-1)49-53-50(34-30-28-32(29-31-34)35-19-12-20-39-38-18-6-10-25-44(38)57-48(35)39)55-51(54-49)40-21-13-27-46-47(40)52(43-24-9-11-26-45(43)56-46)41-22-7-4-16-36(41)37-17-5-8-23-42(37)52/h1-28,30-32,49-50,53H,29H2,(H,54,55). The molecule has 57 heavy (non-hydrogen) atoms. The molecule has 0 fully saturated rings. The summed E-state index contributed by atoms with van der Waals surface area (Å²) in [5.74, 6) is 2.74. The highest BCUT2D eigenvalue weighted by molar-refractivity contribution is 6.06. The molecule has 5 heteroatoms. The quantitative estimate of drug-likeness (QED) is 0.189. The molecule has 3 heterocycles. The largest absolute Gasteiger partial charge is 0.457 e. The van der Waals surface area contributed by atoms with Gasteiger partial charge in [-0.15, -0.1) is 0 Å². The molecule has 0 bridgehead atoms. The van der Waals surface area contributed by atoms with Crippen LogP contribution in [0.25, 0.3) is 33.1 Å². The van der Waals surface area contributed by atoms with Gasteiger partial charge in [-0.05, 0) is 58.0 Å². The second-order valence-electron chi connectivity index (χ2n) is 15.4. The molecule has 2 aliphatic heterocycles. The highest BCUT2D eigenvalue weighted by atomic mass is 16.5. The van der Waals surface area contributed by atoms with Crippen molar-refractivity contribution in [2.75, 3.05) is 0 Å². The minimum atomic E-state index is -0.615. The topological polar surface area (TPSA) is 58.8 Å². The van der Waals surface area contributed by atoms with Crippen LogP contribution in [0.1, 0.15) is 57.4 Å². The van der Waals surface area contributed by atoms with E-state index in [1.807, 2.05) is 6.07 Å². The predicted octanol–water partition coefficient (Wildman–Crippen LogP) is 11.7. The van der Waals surface area contributed by atoms with Gasteiger partial charge in [0, 0.05) is 38.9 Å². The maximum atomic E-state index is 6.86. The average molecular weight is 736 g/mol. The summed E-state index contributed by atoms with van der Waals surface area (Å²) < 4.78 is 13.3. The molecule has 2 aliphatic carbocycles. The van der Waals surface area contributed by atoms with Crippen molar-refractivity contribution in [2.24, 2.45) is 4.99 Å². The zero-order valence-corrected chi connectivity index (χ0v) is 31.0. The van der Waals surface area contributed by atoms with Crippen molar-refractivity contribution in [3.8, 4) is 22.6 Å². The third-order valence-electron chi connectivity index (χ3n) is 12.4. The molecule has 272 valence electrons. The number of nitrogens with zero attached hydrogens (tertiary/aromatic N) is 1. The summed E-state index contributed by atoms with van der Waals surface area (Å²) in [5.41, 5.74) is 13.0. The lowest BCUT2D eigenvalue weighted by atomic mass is 9.64. The Hall–Kier alpha value is -6.95. The summed E-state index contributed by atoms with van der Waals surface area (Å²) in [6.07, 6.45) is 7.35. The van der Waals surface area contributed by atoms with Gasteiger partial charge < -0.3 is 14.5 Å². The number of aliphatic imine (C=N–C) groups is 1. The number of furan rings is 1. The molecule has 0 saturated carbocycles. The molecule has 1 spiro atoms. The number of ether oxygens (including phenoxy) is 1. The second kappa shape index (κ2) is 12.5. The smallest absolute Gasteiger partial charge is 0.139 e. The highest BCUT2D eigenvalue weighted by Gasteiger charge is 2.52. The molecule has 2 N–H and O–H groups in total. The van der Waals surface area contributed by atoms with E-state index in [0.29, 0.717) is 0 Å². The summed E-state index contributed by atoms with van der Waals surface area (Å²) in [6.45, 7) is 0. The summed E-state index contributed by atoms with van der Waals surface area (Å²) in [6, 6.07) is 58.1. The number of amidine groups is 1. The van der Waals surface area contributed by atoms with Gasteiger partial charge in [0.25, 0.3) is 0 Å². The zero-order chi connectivity index (χ0) is 37.5. The Balaban J connectivity index is 0.987. The maximum absolute atomic E-state index is 6.86.